The van der Waals surface area contributed by atoms with Gasteiger partial charge in [-0.1, -0.05) is 34.5 Å². The van der Waals surface area contributed by atoms with Crippen molar-refractivity contribution in [3.05, 3.63) is 59.2 Å². The van der Waals surface area contributed by atoms with Crippen molar-refractivity contribution in [2.24, 2.45) is 5.16 Å². The summed E-state index contributed by atoms with van der Waals surface area (Å²) in [7, 11) is 0. The molecule has 0 bridgehead atoms. The number of nitrogens with zero attached hydrogens (tertiary/aromatic N) is 2. The fourth-order valence-electron chi connectivity index (χ4n) is 4.29. The van der Waals surface area contributed by atoms with E-state index in [9.17, 15) is 24.9 Å². The SMILES string of the molecule is CC(=O)N[C@@H]1[C@H](O/N=C2\C(=O)N(CCOc3ccc(C)cc3)c3ccc(C)cc32)O[C@H](CO)[C@@H](O)[C@H]1O. The van der Waals surface area contributed by atoms with Gasteiger partial charge in [0.25, 0.3) is 5.91 Å². The van der Waals surface area contributed by atoms with Crippen LogP contribution in [0.2, 0.25) is 0 Å². The van der Waals surface area contributed by atoms with Gasteiger partial charge >= 0.3 is 0 Å². The summed E-state index contributed by atoms with van der Waals surface area (Å²) in [6.07, 6.45) is -5.50. The number of ether oxygens (including phenoxy) is 2. The van der Waals surface area contributed by atoms with Crippen LogP contribution in [0.3, 0.4) is 0 Å². The van der Waals surface area contributed by atoms with Crippen LogP contribution in [0.4, 0.5) is 5.69 Å². The number of aliphatic hydroxyl groups is 3. The van der Waals surface area contributed by atoms with Crippen molar-refractivity contribution in [3.63, 3.8) is 0 Å². The number of carbonyl (C=O) groups is 2. The van der Waals surface area contributed by atoms with E-state index in [1.54, 1.807) is 6.07 Å². The predicted molar refractivity (Wildman–Crippen MR) is 133 cm³/mol. The number of anilines is 1. The maximum Gasteiger partial charge on any atom is 0.281 e. The summed E-state index contributed by atoms with van der Waals surface area (Å²) in [5, 5.41) is 36.7. The molecule has 1 fully saturated rings. The van der Waals surface area contributed by atoms with E-state index < -0.39 is 49.1 Å². The average molecular weight is 514 g/mol. The van der Waals surface area contributed by atoms with Crippen molar-refractivity contribution in [1.82, 2.24) is 5.32 Å². The molecule has 11 heteroatoms. The second-order valence-electron chi connectivity index (χ2n) is 9.12. The van der Waals surface area contributed by atoms with Gasteiger partial charge in [0.05, 0.1) is 18.8 Å². The van der Waals surface area contributed by atoms with Crippen LogP contribution in [0.25, 0.3) is 0 Å². The first-order valence-electron chi connectivity index (χ1n) is 12.0. The molecule has 37 heavy (non-hydrogen) atoms. The lowest BCUT2D eigenvalue weighted by Gasteiger charge is -2.40. The van der Waals surface area contributed by atoms with Gasteiger partial charge in [-0.05, 0) is 38.1 Å². The van der Waals surface area contributed by atoms with Crippen LogP contribution < -0.4 is 15.0 Å². The summed E-state index contributed by atoms with van der Waals surface area (Å²) in [6, 6.07) is 11.9. The molecule has 2 aromatic carbocycles. The maximum atomic E-state index is 13.3. The van der Waals surface area contributed by atoms with Crippen LogP contribution in [0.1, 0.15) is 23.6 Å². The molecule has 0 spiro atoms. The van der Waals surface area contributed by atoms with Gasteiger partial charge in [-0.25, -0.2) is 0 Å². The number of hydrogen-bond acceptors (Lipinski definition) is 9. The Morgan fingerprint density at radius 2 is 1.81 bits per heavy atom. The lowest BCUT2D eigenvalue weighted by Crippen LogP contribution is -2.64. The molecule has 0 radical (unpaired) electrons. The van der Waals surface area contributed by atoms with Gasteiger partial charge in [0, 0.05) is 12.5 Å². The summed E-state index contributed by atoms with van der Waals surface area (Å²) in [4.78, 5) is 32.1. The maximum absolute atomic E-state index is 13.3. The number of oxime groups is 1. The van der Waals surface area contributed by atoms with Crippen molar-refractivity contribution in [3.8, 4) is 5.75 Å². The van der Waals surface area contributed by atoms with E-state index in [1.807, 2.05) is 50.2 Å². The number of amides is 2. The Labute approximate surface area is 214 Å². The molecule has 4 rings (SSSR count). The summed E-state index contributed by atoms with van der Waals surface area (Å²) < 4.78 is 11.3. The number of rotatable bonds is 8. The number of hydrogen-bond donors (Lipinski definition) is 4. The molecule has 5 atom stereocenters. The number of carbonyl (C=O) groups excluding carboxylic acids is 2. The summed E-state index contributed by atoms with van der Waals surface area (Å²) >= 11 is 0. The van der Waals surface area contributed by atoms with E-state index in [1.165, 1.54) is 11.8 Å². The van der Waals surface area contributed by atoms with Crippen molar-refractivity contribution in [2.45, 2.75) is 51.4 Å². The largest absolute Gasteiger partial charge is 0.492 e. The highest BCUT2D eigenvalue weighted by Gasteiger charge is 2.46. The molecule has 2 aliphatic rings. The smallest absolute Gasteiger partial charge is 0.281 e. The standard InChI is InChI=1S/C26H31N3O8/c1-14-4-7-17(8-5-14)35-11-10-29-19-9-6-15(2)12-18(19)21(25(29)34)28-37-26-22(27-16(3)31)24(33)23(32)20(13-30)36-26/h4-9,12,20,22-24,26,30,32-33H,10-11,13H2,1-3H3,(H,27,31)/b28-21-/t20-,22+,23-,24+,26+/m1/s1. The molecular formula is C26H31N3O8. The lowest BCUT2D eigenvalue weighted by atomic mass is 9.97. The first-order chi connectivity index (χ1) is 17.7. The number of aliphatic hydroxyl groups excluding tert-OH is 3. The van der Waals surface area contributed by atoms with Gasteiger partial charge in [0.2, 0.25) is 12.2 Å². The summed E-state index contributed by atoms with van der Waals surface area (Å²) in [6.45, 7) is 5.00. The van der Waals surface area contributed by atoms with E-state index in [-0.39, 0.29) is 18.9 Å². The summed E-state index contributed by atoms with van der Waals surface area (Å²) in [5.74, 6) is -0.225. The van der Waals surface area contributed by atoms with Gasteiger partial charge < -0.3 is 39.8 Å². The Morgan fingerprint density at radius 3 is 2.49 bits per heavy atom. The molecule has 2 aliphatic heterocycles. The molecule has 4 N–H and O–H groups in total. The van der Waals surface area contributed by atoms with E-state index in [0.29, 0.717) is 17.0 Å². The van der Waals surface area contributed by atoms with Crippen LogP contribution >= 0.6 is 0 Å². The van der Waals surface area contributed by atoms with E-state index >= 15 is 0 Å². The van der Waals surface area contributed by atoms with Gasteiger partial charge in [-0.15, -0.1) is 0 Å². The Balaban J connectivity index is 1.54. The van der Waals surface area contributed by atoms with E-state index in [2.05, 4.69) is 10.5 Å². The van der Waals surface area contributed by atoms with Crippen molar-refractivity contribution in [2.75, 3.05) is 24.7 Å². The highest BCUT2D eigenvalue weighted by Crippen LogP contribution is 2.31. The average Bonchev–Trinajstić information content (AvgIpc) is 3.12. The Bertz CT molecular complexity index is 1170. The van der Waals surface area contributed by atoms with Crippen LogP contribution in [0.15, 0.2) is 47.6 Å². The minimum absolute atomic E-state index is 0.0142. The molecule has 11 nitrogen and oxygen atoms in total. The fourth-order valence-corrected chi connectivity index (χ4v) is 4.29. The van der Waals surface area contributed by atoms with Crippen molar-refractivity contribution >= 4 is 23.2 Å². The van der Waals surface area contributed by atoms with Crippen molar-refractivity contribution in [1.29, 1.82) is 0 Å². The Hall–Kier alpha value is -3.51. The van der Waals surface area contributed by atoms with Crippen LogP contribution in [0.5, 0.6) is 5.75 Å². The highest BCUT2D eigenvalue weighted by molar-refractivity contribution is 6.54. The van der Waals surface area contributed by atoms with Crippen molar-refractivity contribution < 1.29 is 39.2 Å². The number of benzene rings is 2. The molecule has 0 saturated carbocycles. The molecule has 198 valence electrons. The van der Waals surface area contributed by atoms with E-state index in [4.69, 9.17) is 14.3 Å². The van der Waals surface area contributed by atoms with Gasteiger partial charge in [0.15, 0.2) is 5.71 Å². The predicted octanol–water partition coefficient (Wildman–Crippen LogP) is 0.393. The second-order valence-corrected chi connectivity index (χ2v) is 9.12. The topological polar surface area (TPSA) is 150 Å². The van der Waals surface area contributed by atoms with Gasteiger partial charge in [0.1, 0.15) is 36.7 Å². The molecule has 2 amide bonds. The van der Waals surface area contributed by atoms with Crippen LogP contribution in [-0.2, 0) is 19.2 Å². The Morgan fingerprint density at radius 1 is 1.11 bits per heavy atom. The molecule has 2 heterocycles. The van der Waals surface area contributed by atoms with E-state index in [0.717, 1.165) is 11.1 Å². The molecule has 0 aliphatic carbocycles. The van der Waals surface area contributed by atoms with Crippen LogP contribution in [0, 0.1) is 13.8 Å². The normalized spacial score (nSPS) is 26.2. The molecule has 0 aromatic heterocycles. The summed E-state index contributed by atoms with van der Waals surface area (Å²) in [5.41, 5.74) is 3.21. The Kier molecular flexibility index (Phi) is 8.08. The first kappa shape index (κ1) is 26.6. The van der Waals surface area contributed by atoms with Crippen LogP contribution in [-0.4, -0.2) is 83.2 Å². The minimum atomic E-state index is -1.50. The van der Waals surface area contributed by atoms with Gasteiger partial charge in [-0.3, -0.25) is 9.59 Å². The quantitative estimate of drug-likeness (QED) is 0.371. The zero-order chi connectivity index (χ0) is 26.7. The lowest BCUT2D eigenvalue weighted by molar-refractivity contribution is -0.270. The molecular weight excluding hydrogens is 482 g/mol. The number of fused-ring (bicyclic) bond motifs is 1. The minimum Gasteiger partial charge on any atom is -0.492 e. The first-order valence-corrected chi connectivity index (χ1v) is 12.0. The number of nitrogens with one attached hydrogen (secondary N) is 1. The third-order valence-corrected chi connectivity index (χ3v) is 6.25. The zero-order valence-corrected chi connectivity index (χ0v) is 20.8. The number of aryl methyl sites for hydroxylation is 2. The molecule has 2 aromatic rings. The third kappa shape index (κ3) is 5.75. The third-order valence-electron chi connectivity index (χ3n) is 6.25. The monoisotopic (exact) mass is 513 g/mol. The zero-order valence-electron chi connectivity index (χ0n) is 20.8. The molecule has 0 unspecified atom stereocenters. The van der Waals surface area contributed by atoms with Gasteiger partial charge in [-0.2, -0.15) is 0 Å². The highest BCUT2D eigenvalue weighted by atomic mass is 16.8. The second kappa shape index (κ2) is 11.3. The molecule has 1 saturated heterocycles. The fraction of sp³-hybridized carbons (Fsp3) is 0.423.